The zero-order chi connectivity index (χ0) is 18.6. The second kappa shape index (κ2) is 7.82. The molecule has 2 amide bonds. The highest BCUT2D eigenvalue weighted by molar-refractivity contribution is 5.79. The van der Waals surface area contributed by atoms with Crippen LogP contribution in [0.1, 0.15) is 51.0 Å². The van der Waals surface area contributed by atoms with Crippen LogP contribution in [0.25, 0.3) is 0 Å². The first-order valence-corrected chi connectivity index (χ1v) is 8.55. The number of likely N-dealkylation sites (tertiary alicyclic amines) is 1. The van der Waals surface area contributed by atoms with E-state index >= 15 is 0 Å². The summed E-state index contributed by atoms with van der Waals surface area (Å²) in [5.74, 6) is -0.0244. The van der Waals surface area contributed by atoms with Gasteiger partial charge in [0.25, 0.3) is 0 Å². The highest BCUT2D eigenvalue weighted by Crippen LogP contribution is 2.30. The Morgan fingerprint density at radius 2 is 2.24 bits per heavy atom. The Kier molecular flexibility index (Phi) is 6.00. The Morgan fingerprint density at radius 1 is 1.52 bits per heavy atom. The molecule has 1 aliphatic heterocycles. The van der Waals surface area contributed by atoms with E-state index in [1.54, 1.807) is 31.9 Å². The molecular formula is C18H27N3O4. The van der Waals surface area contributed by atoms with Gasteiger partial charge in [0.15, 0.2) is 0 Å². The third-order valence-electron chi connectivity index (χ3n) is 4.09. The number of aryl methyl sites for hydroxylation is 1. The largest absolute Gasteiger partial charge is 0.444 e. The van der Waals surface area contributed by atoms with Crippen LogP contribution in [0, 0.1) is 6.92 Å². The SMILES string of the molecule is Cc1cccnc1C(O)[C@@H]1CCC(=O)N1CCNC(=O)OC(C)(C)C. The van der Waals surface area contributed by atoms with Gasteiger partial charge in [-0.25, -0.2) is 4.79 Å². The number of aromatic nitrogens is 1. The van der Waals surface area contributed by atoms with E-state index in [0.29, 0.717) is 25.1 Å². The molecule has 0 aromatic carbocycles. The van der Waals surface area contributed by atoms with Crippen LogP contribution in [0.15, 0.2) is 18.3 Å². The van der Waals surface area contributed by atoms with Crippen molar-refractivity contribution in [2.45, 2.75) is 58.3 Å². The van der Waals surface area contributed by atoms with E-state index < -0.39 is 17.8 Å². The van der Waals surface area contributed by atoms with Crippen LogP contribution >= 0.6 is 0 Å². The lowest BCUT2D eigenvalue weighted by Gasteiger charge is -2.29. The van der Waals surface area contributed by atoms with Crippen LogP contribution < -0.4 is 5.32 Å². The average Bonchev–Trinajstić information content (AvgIpc) is 2.86. The standard InChI is InChI=1S/C18H27N3O4/c1-12-6-5-9-19-15(12)16(23)13-7-8-14(22)21(13)11-10-20-17(24)25-18(2,3)4/h5-6,9,13,16,23H,7-8,10-11H2,1-4H3,(H,20,24)/t13-,16?/m0/s1. The molecule has 25 heavy (non-hydrogen) atoms. The summed E-state index contributed by atoms with van der Waals surface area (Å²) in [6.45, 7) is 7.85. The van der Waals surface area contributed by atoms with Crippen molar-refractivity contribution in [3.63, 3.8) is 0 Å². The van der Waals surface area contributed by atoms with Gasteiger partial charge in [-0.05, 0) is 45.7 Å². The van der Waals surface area contributed by atoms with Crippen molar-refractivity contribution in [2.24, 2.45) is 0 Å². The minimum absolute atomic E-state index is 0.0244. The topological polar surface area (TPSA) is 91.8 Å². The molecule has 0 bridgehead atoms. The molecule has 138 valence electrons. The summed E-state index contributed by atoms with van der Waals surface area (Å²) in [5, 5.41) is 13.3. The van der Waals surface area contributed by atoms with Gasteiger partial charge in [-0.15, -0.1) is 0 Å². The summed E-state index contributed by atoms with van der Waals surface area (Å²) >= 11 is 0. The predicted octanol–water partition coefficient (Wildman–Crippen LogP) is 1.94. The monoisotopic (exact) mass is 349 g/mol. The Hall–Kier alpha value is -2.15. The number of amides is 2. The van der Waals surface area contributed by atoms with Crippen molar-refractivity contribution >= 4 is 12.0 Å². The number of ether oxygens (including phenoxy) is 1. The smallest absolute Gasteiger partial charge is 0.407 e. The molecule has 1 aliphatic rings. The van der Waals surface area contributed by atoms with Crippen LogP contribution in [0.3, 0.4) is 0 Å². The number of alkyl carbamates (subject to hydrolysis) is 1. The number of rotatable bonds is 5. The van der Waals surface area contributed by atoms with Crippen molar-refractivity contribution in [2.75, 3.05) is 13.1 Å². The number of hydrogen-bond donors (Lipinski definition) is 2. The summed E-state index contributed by atoms with van der Waals surface area (Å²) in [7, 11) is 0. The van der Waals surface area contributed by atoms with Crippen molar-refractivity contribution in [1.82, 2.24) is 15.2 Å². The van der Waals surface area contributed by atoms with Gasteiger partial charge in [0.2, 0.25) is 5.91 Å². The van der Waals surface area contributed by atoms with Crippen LogP contribution in [0.2, 0.25) is 0 Å². The van der Waals surface area contributed by atoms with Crippen molar-refractivity contribution in [1.29, 1.82) is 0 Å². The third-order valence-corrected chi connectivity index (χ3v) is 4.09. The van der Waals surface area contributed by atoms with Gasteiger partial charge in [-0.2, -0.15) is 0 Å². The van der Waals surface area contributed by atoms with E-state index in [-0.39, 0.29) is 18.5 Å². The molecule has 2 N–H and O–H groups in total. The number of nitrogens with one attached hydrogen (secondary N) is 1. The van der Waals surface area contributed by atoms with Gasteiger partial charge < -0.3 is 20.1 Å². The predicted molar refractivity (Wildman–Crippen MR) is 92.9 cm³/mol. The number of carbonyl (C=O) groups is 2. The van der Waals surface area contributed by atoms with Crippen LogP contribution in [-0.4, -0.2) is 51.7 Å². The average molecular weight is 349 g/mol. The summed E-state index contributed by atoms with van der Waals surface area (Å²) < 4.78 is 5.18. The minimum Gasteiger partial charge on any atom is -0.444 e. The number of hydrogen-bond acceptors (Lipinski definition) is 5. The summed E-state index contributed by atoms with van der Waals surface area (Å²) in [4.78, 5) is 29.7. The molecule has 7 heteroatoms. The summed E-state index contributed by atoms with van der Waals surface area (Å²) in [5.41, 5.74) is 0.913. The molecule has 1 unspecified atom stereocenters. The lowest BCUT2D eigenvalue weighted by molar-refractivity contribution is -0.130. The third kappa shape index (κ3) is 5.16. The van der Waals surface area contributed by atoms with Crippen molar-refractivity contribution in [3.05, 3.63) is 29.6 Å². The lowest BCUT2D eigenvalue weighted by atomic mass is 10.0. The van der Waals surface area contributed by atoms with Gasteiger partial charge in [-0.1, -0.05) is 6.07 Å². The quantitative estimate of drug-likeness (QED) is 0.847. The molecule has 2 atom stereocenters. The first-order valence-electron chi connectivity index (χ1n) is 8.55. The molecule has 1 saturated heterocycles. The van der Waals surface area contributed by atoms with Gasteiger partial charge in [0.1, 0.15) is 11.7 Å². The highest BCUT2D eigenvalue weighted by Gasteiger charge is 2.37. The lowest BCUT2D eigenvalue weighted by Crippen LogP contribution is -2.43. The fourth-order valence-electron chi connectivity index (χ4n) is 2.96. The molecule has 2 rings (SSSR count). The number of aliphatic hydroxyl groups is 1. The van der Waals surface area contributed by atoms with Gasteiger partial charge >= 0.3 is 6.09 Å². The molecule has 2 heterocycles. The number of pyridine rings is 1. The van der Waals surface area contributed by atoms with Crippen LogP contribution in [0.4, 0.5) is 4.79 Å². The number of aliphatic hydroxyl groups excluding tert-OH is 1. The number of nitrogens with zero attached hydrogens (tertiary/aromatic N) is 2. The van der Waals surface area contributed by atoms with E-state index in [4.69, 9.17) is 4.74 Å². The van der Waals surface area contributed by atoms with E-state index in [1.165, 1.54) is 0 Å². The first-order chi connectivity index (χ1) is 11.7. The molecule has 0 aliphatic carbocycles. The van der Waals surface area contributed by atoms with Crippen molar-refractivity contribution in [3.8, 4) is 0 Å². The highest BCUT2D eigenvalue weighted by atomic mass is 16.6. The second-order valence-electron chi connectivity index (χ2n) is 7.27. The van der Waals surface area contributed by atoms with Crippen molar-refractivity contribution < 1.29 is 19.4 Å². The normalized spacial score (nSPS) is 19.0. The molecular weight excluding hydrogens is 322 g/mol. The van der Waals surface area contributed by atoms with Gasteiger partial charge in [0.05, 0.1) is 11.7 Å². The van der Waals surface area contributed by atoms with E-state index in [9.17, 15) is 14.7 Å². The minimum atomic E-state index is -0.839. The summed E-state index contributed by atoms with van der Waals surface area (Å²) in [6, 6.07) is 3.37. The number of carbonyl (C=O) groups excluding carboxylic acids is 2. The van der Waals surface area contributed by atoms with Crippen LogP contribution in [0.5, 0.6) is 0 Å². The Bertz CT molecular complexity index is 627. The molecule has 0 radical (unpaired) electrons. The maximum absolute atomic E-state index is 12.2. The molecule has 7 nitrogen and oxygen atoms in total. The van der Waals surface area contributed by atoms with E-state index in [1.807, 2.05) is 19.1 Å². The molecule has 1 fully saturated rings. The Morgan fingerprint density at radius 3 is 2.88 bits per heavy atom. The maximum Gasteiger partial charge on any atom is 0.407 e. The molecule has 1 aromatic heterocycles. The first kappa shape index (κ1) is 19.2. The van der Waals surface area contributed by atoms with E-state index in [2.05, 4.69) is 10.3 Å². The van der Waals surface area contributed by atoms with Gasteiger partial charge in [-0.3, -0.25) is 9.78 Å². The summed E-state index contributed by atoms with van der Waals surface area (Å²) in [6.07, 6.45) is 1.24. The molecule has 0 spiro atoms. The zero-order valence-electron chi connectivity index (χ0n) is 15.3. The van der Waals surface area contributed by atoms with E-state index in [0.717, 1.165) is 5.56 Å². The van der Waals surface area contributed by atoms with Gasteiger partial charge in [0, 0.05) is 25.7 Å². The zero-order valence-corrected chi connectivity index (χ0v) is 15.3. The van der Waals surface area contributed by atoms with Crippen LogP contribution in [-0.2, 0) is 9.53 Å². The fourth-order valence-corrected chi connectivity index (χ4v) is 2.96. The Balaban J connectivity index is 1.95. The fraction of sp³-hybridized carbons (Fsp3) is 0.611. The molecule has 0 saturated carbocycles. The molecule has 1 aromatic rings. The maximum atomic E-state index is 12.2. The second-order valence-corrected chi connectivity index (χ2v) is 7.27. The Labute approximate surface area is 148 Å².